The second-order valence-electron chi connectivity index (χ2n) is 3.52. The maximum Gasteiger partial charge on any atom is 0.1000 e. The Morgan fingerprint density at radius 1 is 1.29 bits per heavy atom. The molecule has 14 heavy (non-hydrogen) atoms. The van der Waals surface area contributed by atoms with Crippen LogP contribution in [0.3, 0.4) is 0 Å². The Morgan fingerprint density at radius 2 is 1.93 bits per heavy atom. The van der Waals surface area contributed by atoms with Gasteiger partial charge in [-0.3, -0.25) is 4.90 Å². The summed E-state index contributed by atoms with van der Waals surface area (Å²) in [6, 6.07) is 8.60. The van der Waals surface area contributed by atoms with E-state index < -0.39 is 0 Å². The third-order valence-corrected chi connectivity index (χ3v) is 2.55. The molecule has 2 nitrogen and oxygen atoms in total. The Hall–Kier alpha value is -1.28. The minimum Gasteiger partial charge on any atom is -0.500 e. The Labute approximate surface area is 84.8 Å². The Morgan fingerprint density at radius 3 is 2.50 bits per heavy atom. The van der Waals surface area contributed by atoms with E-state index in [1.807, 2.05) is 0 Å². The molecule has 0 amide bonds. The highest BCUT2D eigenvalue weighted by molar-refractivity contribution is 5.30. The zero-order chi connectivity index (χ0) is 9.80. The summed E-state index contributed by atoms with van der Waals surface area (Å²) in [4.78, 5) is 2.38. The largest absolute Gasteiger partial charge is 0.500 e. The fourth-order valence-electron chi connectivity index (χ4n) is 1.83. The minimum atomic E-state index is 0.734. The van der Waals surface area contributed by atoms with Crippen LogP contribution < -0.4 is 0 Å². The first kappa shape index (κ1) is 9.28. The summed E-state index contributed by atoms with van der Waals surface area (Å²) in [6.45, 7) is 7.33. The molecule has 1 aliphatic heterocycles. The number of fused-ring (bicyclic) bond motifs is 1. The van der Waals surface area contributed by atoms with E-state index in [-0.39, 0.29) is 0 Å². The van der Waals surface area contributed by atoms with Crippen molar-refractivity contribution >= 4 is 0 Å². The lowest BCUT2D eigenvalue weighted by atomic mass is 10.1. The highest BCUT2D eigenvalue weighted by atomic mass is 16.5. The smallest absolute Gasteiger partial charge is 0.1000 e. The molecule has 1 aromatic carbocycles. The number of benzene rings is 1. The van der Waals surface area contributed by atoms with Gasteiger partial charge in [-0.2, -0.15) is 0 Å². The summed E-state index contributed by atoms with van der Waals surface area (Å²) < 4.78 is 5.12. The first-order valence-corrected chi connectivity index (χ1v) is 4.92. The molecule has 0 spiro atoms. The molecule has 0 atom stereocenters. The van der Waals surface area contributed by atoms with E-state index in [0.29, 0.717) is 0 Å². The lowest BCUT2D eigenvalue weighted by Crippen LogP contribution is -2.20. The van der Waals surface area contributed by atoms with Crippen molar-refractivity contribution in [2.24, 2.45) is 0 Å². The molecule has 2 heteroatoms. The van der Waals surface area contributed by atoms with Gasteiger partial charge in [-0.1, -0.05) is 30.8 Å². The average Bonchev–Trinajstić information content (AvgIpc) is 2.60. The van der Waals surface area contributed by atoms with Crippen LogP contribution in [0.2, 0.25) is 0 Å². The van der Waals surface area contributed by atoms with Crippen LogP contribution in [0.1, 0.15) is 11.1 Å². The van der Waals surface area contributed by atoms with Gasteiger partial charge >= 0.3 is 0 Å². The van der Waals surface area contributed by atoms with Gasteiger partial charge in [0.15, 0.2) is 0 Å². The summed E-state index contributed by atoms with van der Waals surface area (Å²) in [7, 11) is 0. The van der Waals surface area contributed by atoms with Crippen molar-refractivity contribution in [2.45, 2.75) is 13.1 Å². The SMILES string of the molecule is C=COCCN1Cc2ccccc2C1. The second-order valence-corrected chi connectivity index (χ2v) is 3.52. The predicted molar refractivity (Wildman–Crippen MR) is 56.7 cm³/mol. The first-order valence-electron chi connectivity index (χ1n) is 4.92. The van der Waals surface area contributed by atoms with Gasteiger partial charge in [-0.25, -0.2) is 0 Å². The molecule has 74 valence electrons. The fraction of sp³-hybridized carbons (Fsp3) is 0.333. The first-order chi connectivity index (χ1) is 6.90. The van der Waals surface area contributed by atoms with E-state index in [2.05, 4.69) is 35.7 Å². The van der Waals surface area contributed by atoms with Gasteiger partial charge in [0.1, 0.15) is 0 Å². The van der Waals surface area contributed by atoms with Crippen LogP contribution in [0.25, 0.3) is 0 Å². The predicted octanol–water partition coefficient (Wildman–Crippen LogP) is 2.16. The Kier molecular flexibility index (Phi) is 2.84. The van der Waals surface area contributed by atoms with E-state index >= 15 is 0 Å². The van der Waals surface area contributed by atoms with Crippen LogP contribution >= 0.6 is 0 Å². The third-order valence-electron chi connectivity index (χ3n) is 2.55. The van der Waals surface area contributed by atoms with Crippen molar-refractivity contribution in [1.29, 1.82) is 0 Å². The van der Waals surface area contributed by atoms with Crippen molar-refractivity contribution in [2.75, 3.05) is 13.2 Å². The average molecular weight is 189 g/mol. The van der Waals surface area contributed by atoms with Crippen molar-refractivity contribution in [1.82, 2.24) is 4.90 Å². The van der Waals surface area contributed by atoms with Gasteiger partial charge < -0.3 is 4.74 Å². The summed E-state index contributed by atoms with van der Waals surface area (Å²) in [5, 5.41) is 0. The molecule has 0 N–H and O–H groups in total. The highest BCUT2D eigenvalue weighted by Gasteiger charge is 2.17. The molecular formula is C12H15NO. The summed E-state index contributed by atoms with van der Waals surface area (Å²) in [5.74, 6) is 0. The Balaban J connectivity index is 1.88. The molecule has 0 bridgehead atoms. The molecule has 0 saturated heterocycles. The lowest BCUT2D eigenvalue weighted by Gasteiger charge is -2.13. The van der Waals surface area contributed by atoms with E-state index in [4.69, 9.17) is 4.74 Å². The van der Waals surface area contributed by atoms with Crippen LogP contribution in [-0.4, -0.2) is 18.1 Å². The normalized spacial score (nSPS) is 15.1. The van der Waals surface area contributed by atoms with Gasteiger partial charge in [0, 0.05) is 19.6 Å². The number of ether oxygens (including phenoxy) is 1. The molecule has 0 saturated carbocycles. The minimum absolute atomic E-state index is 0.734. The second kappa shape index (κ2) is 4.29. The third kappa shape index (κ3) is 1.96. The standard InChI is InChI=1S/C12H15NO/c1-2-14-8-7-13-9-11-5-3-4-6-12(11)10-13/h2-6H,1,7-10H2. The molecule has 0 fully saturated rings. The van der Waals surface area contributed by atoms with Crippen LogP contribution in [0.15, 0.2) is 37.1 Å². The summed E-state index contributed by atoms with van der Waals surface area (Å²) >= 11 is 0. The van der Waals surface area contributed by atoms with Gasteiger partial charge in [-0.15, -0.1) is 0 Å². The zero-order valence-corrected chi connectivity index (χ0v) is 8.28. The maximum atomic E-state index is 5.12. The number of hydrogen-bond donors (Lipinski definition) is 0. The van der Waals surface area contributed by atoms with E-state index in [1.54, 1.807) is 0 Å². The van der Waals surface area contributed by atoms with Crippen molar-refractivity contribution < 1.29 is 4.74 Å². The lowest BCUT2D eigenvalue weighted by molar-refractivity contribution is 0.178. The molecule has 0 aromatic heterocycles. The van der Waals surface area contributed by atoms with Gasteiger partial charge in [0.25, 0.3) is 0 Å². The fourth-order valence-corrected chi connectivity index (χ4v) is 1.83. The monoisotopic (exact) mass is 189 g/mol. The molecule has 1 aromatic rings. The van der Waals surface area contributed by atoms with Crippen molar-refractivity contribution in [3.8, 4) is 0 Å². The van der Waals surface area contributed by atoms with E-state index in [1.165, 1.54) is 17.4 Å². The quantitative estimate of drug-likeness (QED) is 0.531. The zero-order valence-electron chi connectivity index (χ0n) is 8.28. The summed E-state index contributed by atoms with van der Waals surface area (Å²) in [5.41, 5.74) is 2.90. The van der Waals surface area contributed by atoms with Gasteiger partial charge in [0.05, 0.1) is 12.9 Å². The molecule has 2 rings (SSSR count). The summed E-state index contributed by atoms with van der Waals surface area (Å²) in [6.07, 6.45) is 1.50. The molecule has 1 aliphatic rings. The molecule has 1 heterocycles. The van der Waals surface area contributed by atoms with Crippen LogP contribution in [0.4, 0.5) is 0 Å². The Bertz CT molecular complexity index is 297. The topological polar surface area (TPSA) is 12.5 Å². The number of nitrogens with zero attached hydrogens (tertiary/aromatic N) is 1. The van der Waals surface area contributed by atoms with Gasteiger partial charge in [-0.05, 0) is 11.1 Å². The van der Waals surface area contributed by atoms with Gasteiger partial charge in [0.2, 0.25) is 0 Å². The van der Waals surface area contributed by atoms with Crippen LogP contribution in [-0.2, 0) is 17.8 Å². The molecule has 0 unspecified atom stereocenters. The van der Waals surface area contributed by atoms with Crippen LogP contribution in [0.5, 0.6) is 0 Å². The number of rotatable bonds is 4. The van der Waals surface area contributed by atoms with E-state index in [9.17, 15) is 0 Å². The number of hydrogen-bond acceptors (Lipinski definition) is 2. The molecular weight excluding hydrogens is 174 g/mol. The highest BCUT2D eigenvalue weighted by Crippen LogP contribution is 2.21. The molecule has 0 radical (unpaired) electrons. The molecule has 0 aliphatic carbocycles. The van der Waals surface area contributed by atoms with Crippen molar-refractivity contribution in [3.63, 3.8) is 0 Å². The maximum absolute atomic E-state index is 5.12. The van der Waals surface area contributed by atoms with Crippen molar-refractivity contribution in [3.05, 3.63) is 48.2 Å². The van der Waals surface area contributed by atoms with Crippen LogP contribution in [0, 0.1) is 0 Å². The van der Waals surface area contributed by atoms with E-state index in [0.717, 1.165) is 26.2 Å².